The van der Waals surface area contributed by atoms with Gasteiger partial charge >= 0.3 is 0 Å². The summed E-state index contributed by atoms with van der Waals surface area (Å²) in [6.07, 6.45) is 4.35. The van der Waals surface area contributed by atoms with E-state index >= 15 is 0 Å². The highest BCUT2D eigenvalue weighted by Crippen LogP contribution is 2.18. The summed E-state index contributed by atoms with van der Waals surface area (Å²) in [5.74, 6) is 1.31. The van der Waals surface area contributed by atoms with Gasteiger partial charge in [-0.15, -0.1) is 10.2 Å². The van der Waals surface area contributed by atoms with Crippen LogP contribution in [0.3, 0.4) is 0 Å². The second-order valence-corrected chi connectivity index (χ2v) is 4.90. The first-order valence-electron chi connectivity index (χ1n) is 6.31. The smallest absolute Gasteiger partial charge is 0.223 e. The zero-order chi connectivity index (χ0) is 13.0. The number of carbonyl (C=O) groups excluding carboxylic acids is 1. The molecule has 2 heterocycles. The van der Waals surface area contributed by atoms with Crippen molar-refractivity contribution < 1.29 is 9.53 Å². The summed E-state index contributed by atoms with van der Waals surface area (Å²) >= 11 is 0. The highest BCUT2D eigenvalue weighted by atomic mass is 16.5. The average Bonchev–Trinajstić information content (AvgIpc) is 2.76. The number of carbonyl (C=O) groups is 1. The molecule has 100 valence electrons. The molecule has 1 saturated heterocycles. The lowest BCUT2D eigenvalue weighted by atomic mass is 9.98. The van der Waals surface area contributed by atoms with Crippen LogP contribution in [0.25, 0.3) is 0 Å². The number of ether oxygens (including phenoxy) is 1. The summed E-state index contributed by atoms with van der Waals surface area (Å²) in [6, 6.07) is 0. The highest BCUT2D eigenvalue weighted by molar-refractivity contribution is 5.76. The summed E-state index contributed by atoms with van der Waals surface area (Å²) in [6.45, 7) is 2.05. The second-order valence-electron chi connectivity index (χ2n) is 4.90. The maximum Gasteiger partial charge on any atom is 0.223 e. The van der Waals surface area contributed by atoms with Crippen molar-refractivity contribution in [2.75, 3.05) is 20.3 Å². The monoisotopic (exact) mass is 252 g/mol. The van der Waals surface area contributed by atoms with Crippen molar-refractivity contribution in [2.45, 2.75) is 25.8 Å². The Hall–Kier alpha value is -1.43. The molecular formula is C12H20N4O2. The molecule has 0 spiro atoms. The van der Waals surface area contributed by atoms with Gasteiger partial charge in [-0.25, -0.2) is 0 Å². The van der Waals surface area contributed by atoms with E-state index in [0.717, 1.165) is 25.3 Å². The van der Waals surface area contributed by atoms with Crippen molar-refractivity contribution in [3.63, 3.8) is 0 Å². The Morgan fingerprint density at radius 1 is 1.67 bits per heavy atom. The van der Waals surface area contributed by atoms with E-state index in [4.69, 9.17) is 4.74 Å². The average molecular weight is 252 g/mol. The summed E-state index contributed by atoms with van der Waals surface area (Å²) in [5, 5.41) is 7.78. The van der Waals surface area contributed by atoms with Crippen LogP contribution < -0.4 is 0 Å². The van der Waals surface area contributed by atoms with Gasteiger partial charge in [0.25, 0.3) is 0 Å². The summed E-state index contributed by atoms with van der Waals surface area (Å²) in [5.41, 5.74) is 0. The molecule has 2 rings (SSSR count). The molecule has 1 aliphatic heterocycles. The molecule has 0 bridgehead atoms. The number of aromatic nitrogens is 3. The number of nitrogens with zero attached hydrogens (tertiary/aromatic N) is 4. The molecule has 1 aliphatic rings. The van der Waals surface area contributed by atoms with Crippen molar-refractivity contribution in [3.8, 4) is 0 Å². The van der Waals surface area contributed by atoms with E-state index in [2.05, 4.69) is 10.2 Å². The molecule has 0 N–H and O–H groups in total. The van der Waals surface area contributed by atoms with Crippen LogP contribution in [0.2, 0.25) is 0 Å². The molecule has 0 radical (unpaired) electrons. The molecule has 0 aliphatic carbocycles. The SMILES string of the molecule is CN(Cc1nncn1C)C(=O)CC1CCCOC1. The molecule has 6 heteroatoms. The number of amides is 1. The first kappa shape index (κ1) is 13.0. The van der Waals surface area contributed by atoms with Crippen LogP contribution in [0.1, 0.15) is 25.1 Å². The molecule has 1 fully saturated rings. The van der Waals surface area contributed by atoms with Gasteiger partial charge < -0.3 is 14.2 Å². The summed E-state index contributed by atoms with van der Waals surface area (Å²) < 4.78 is 7.22. The third-order valence-corrected chi connectivity index (χ3v) is 3.33. The van der Waals surface area contributed by atoms with E-state index in [-0.39, 0.29) is 5.91 Å². The van der Waals surface area contributed by atoms with E-state index in [1.165, 1.54) is 0 Å². The number of hydrogen-bond donors (Lipinski definition) is 0. The zero-order valence-electron chi connectivity index (χ0n) is 11.0. The van der Waals surface area contributed by atoms with Crippen molar-refractivity contribution >= 4 is 5.91 Å². The van der Waals surface area contributed by atoms with Gasteiger partial charge in [-0.2, -0.15) is 0 Å². The first-order valence-corrected chi connectivity index (χ1v) is 6.31. The maximum absolute atomic E-state index is 12.1. The molecule has 0 saturated carbocycles. The van der Waals surface area contributed by atoms with Crippen LogP contribution >= 0.6 is 0 Å². The lowest BCUT2D eigenvalue weighted by Gasteiger charge is -2.24. The van der Waals surface area contributed by atoms with E-state index in [1.54, 1.807) is 18.3 Å². The Morgan fingerprint density at radius 3 is 3.11 bits per heavy atom. The van der Waals surface area contributed by atoms with Gasteiger partial charge in [0.05, 0.1) is 6.54 Å². The molecule has 18 heavy (non-hydrogen) atoms. The summed E-state index contributed by atoms with van der Waals surface area (Å²) in [4.78, 5) is 13.8. The topological polar surface area (TPSA) is 60.2 Å². The van der Waals surface area contributed by atoms with Crippen LogP contribution in [0, 0.1) is 5.92 Å². The van der Waals surface area contributed by atoms with Crippen molar-refractivity contribution in [3.05, 3.63) is 12.2 Å². The van der Waals surface area contributed by atoms with Crippen LogP contribution in [0.5, 0.6) is 0 Å². The molecule has 1 aromatic rings. The maximum atomic E-state index is 12.1. The molecule has 6 nitrogen and oxygen atoms in total. The van der Waals surface area contributed by atoms with Gasteiger partial charge in [0, 0.05) is 33.7 Å². The highest BCUT2D eigenvalue weighted by Gasteiger charge is 2.20. The number of hydrogen-bond acceptors (Lipinski definition) is 4. The van der Waals surface area contributed by atoms with Gasteiger partial charge in [0.2, 0.25) is 5.91 Å². The van der Waals surface area contributed by atoms with Gasteiger partial charge in [0.1, 0.15) is 6.33 Å². The fourth-order valence-electron chi connectivity index (χ4n) is 2.12. The van der Waals surface area contributed by atoms with Gasteiger partial charge in [-0.3, -0.25) is 4.79 Å². The quantitative estimate of drug-likeness (QED) is 0.787. The van der Waals surface area contributed by atoms with Crippen LogP contribution in [0.4, 0.5) is 0 Å². The number of rotatable bonds is 4. The van der Waals surface area contributed by atoms with Crippen molar-refractivity contribution in [1.82, 2.24) is 19.7 Å². The second kappa shape index (κ2) is 5.95. The lowest BCUT2D eigenvalue weighted by molar-refractivity contribution is -0.132. The van der Waals surface area contributed by atoms with Gasteiger partial charge in [0.15, 0.2) is 5.82 Å². The van der Waals surface area contributed by atoms with Crippen LogP contribution in [0.15, 0.2) is 6.33 Å². The van der Waals surface area contributed by atoms with E-state index in [9.17, 15) is 4.79 Å². The van der Waals surface area contributed by atoms with E-state index in [1.807, 2.05) is 11.6 Å². The minimum absolute atomic E-state index is 0.147. The third-order valence-electron chi connectivity index (χ3n) is 3.33. The lowest BCUT2D eigenvalue weighted by Crippen LogP contribution is -2.31. The van der Waals surface area contributed by atoms with Crippen molar-refractivity contribution in [1.29, 1.82) is 0 Å². The zero-order valence-corrected chi connectivity index (χ0v) is 11.0. The Kier molecular flexibility index (Phi) is 4.30. The van der Waals surface area contributed by atoms with E-state index in [0.29, 0.717) is 25.5 Å². The Morgan fingerprint density at radius 2 is 2.50 bits per heavy atom. The van der Waals surface area contributed by atoms with Crippen LogP contribution in [-0.4, -0.2) is 45.8 Å². The first-order chi connectivity index (χ1) is 8.66. The largest absolute Gasteiger partial charge is 0.381 e. The minimum Gasteiger partial charge on any atom is -0.381 e. The normalized spacial score (nSPS) is 19.8. The number of aryl methyl sites for hydroxylation is 1. The predicted molar refractivity (Wildman–Crippen MR) is 65.6 cm³/mol. The van der Waals surface area contributed by atoms with E-state index < -0.39 is 0 Å². The molecule has 1 atom stereocenters. The molecule has 1 aromatic heterocycles. The molecule has 0 aromatic carbocycles. The Bertz CT molecular complexity index is 399. The predicted octanol–water partition coefficient (Wildman–Crippen LogP) is 0.590. The van der Waals surface area contributed by atoms with Crippen LogP contribution in [-0.2, 0) is 23.1 Å². The third kappa shape index (κ3) is 3.29. The Balaban J connectivity index is 1.83. The minimum atomic E-state index is 0.147. The van der Waals surface area contributed by atoms with Gasteiger partial charge in [-0.05, 0) is 18.8 Å². The molecular weight excluding hydrogens is 232 g/mol. The Labute approximate surface area is 107 Å². The molecule has 1 amide bonds. The standard InChI is InChI=1S/C12H20N4O2/c1-15(7-11-14-13-9-16(11)2)12(17)6-10-4-3-5-18-8-10/h9-10H,3-8H2,1-2H3. The van der Waals surface area contributed by atoms with Crippen molar-refractivity contribution in [2.24, 2.45) is 13.0 Å². The van der Waals surface area contributed by atoms with Gasteiger partial charge in [-0.1, -0.05) is 0 Å². The molecule has 1 unspecified atom stereocenters. The fraction of sp³-hybridized carbons (Fsp3) is 0.750. The summed E-state index contributed by atoms with van der Waals surface area (Å²) in [7, 11) is 3.68. The fourth-order valence-corrected chi connectivity index (χ4v) is 2.12.